The predicted octanol–water partition coefficient (Wildman–Crippen LogP) is 4.13. The van der Waals surface area contributed by atoms with Crippen LogP contribution in [0.25, 0.3) is 11.1 Å². The maximum atomic E-state index is 13.6. The summed E-state index contributed by atoms with van der Waals surface area (Å²) in [5, 5.41) is 9.14. The largest absolute Gasteiger partial charge is 0.366 e. The molecule has 6 nitrogen and oxygen atoms in total. The molecule has 32 heavy (non-hydrogen) atoms. The van der Waals surface area contributed by atoms with Gasteiger partial charge >= 0.3 is 0 Å². The van der Waals surface area contributed by atoms with Crippen LogP contribution in [-0.2, 0) is 0 Å². The highest BCUT2D eigenvalue weighted by Crippen LogP contribution is 2.35. The molecule has 2 aromatic carbocycles. The summed E-state index contributed by atoms with van der Waals surface area (Å²) in [6.45, 7) is 5.69. The second-order valence-corrected chi connectivity index (χ2v) is 9.16. The van der Waals surface area contributed by atoms with Crippen LogP contribution in [0.15, 0.2) is 42.5 Å². The lowest BCUT2D eigenvalue weighted by atomic mass is 9.90. The van der Waals surface area contributed by atoms with E-state index >= 15 is 0 Å². The van der Waals surface area contributed by atoms with Gasteiger partial charge in [-0.15, -0.1) is 0 Å². The van der Waals surface area contributed by atoms with Gasteiger partial charge in [0.15, 0.2) is 6.19 Å². The lowest BCUT2D eigenvalue weighted by molar-refractivity contribution is 0.0585. The summed E-state index contributed by atoms with van der Waals surface area (Å²) in [6.07, 6.45) is 6.04. The molecule has 0 atom stereocenters. The van der Waals surface area contributed by atoms with Crippen LogP contribution in [0.4, 0.5) is 0 Å². The van der Waals surface area contributed by atoms with E-state index in [4.69, 9.17) is 11.0 Å². The minimum Gasteiger partial charge on any atom is -0.366 e. The molecule has 1 saturated heterocycles. The average Bonchev–Trinajstić information content (AvgIpc) is 3.64. The zero-order valence-corrected chi connectivity index (χ0v) is 18.8. The van der Waals surface area contributed by atoms with Crippen molar-refractivity contribution in [2.75, 3.05) is 13.1 Å². The third kappa shape index (κ3) is 4.47. The summed E-state index contributed by atoms with van der Waals surface area (Å²) in [5.41, 5.74) is 9.75. The van der Waals surface area contributed by atoms with Crippen molar-refractivity contribution < 1.29 is 9.59 Å². The second kappa shape index (κ2) is 9.04. The highest BCUT2D eigenvalue weighted by atomic mass is 16.2. The fourth-order valence-corrected chi connectivity index (χ4v) is 4.63. The normalized spacial score (nSPS) is 16.6. The van der Waals surface area contributed by atoms with Gasteiger partial charge in [0.1, 0.15) is 0 Å². The van der Waals surface area contributed by atoms with Crippen molar-refractivity contribution in [1.29, 1.82) is 5.26 Å². The molecule has 2 aromatic rings. The van der Waals surface area contributed by atoms with Crippen LogP contribution >= 0.6 is 0 Å². The summed E-state index contributed by atoms with van der Waals surface area (Å²) in [5.74, 6) is -0.107. The topological polar surface area (TPSA) is 90.4 Å². The maximum absolute atomic E-state index is 13.6. The summed E-state index contributed by atoms with van der Waals surface area (Å²) < 4.78 is 0. The molecule has 1 aliphatic carbocycles. The quantitative estimate of drug-likeness (QED) is 0.698. The molecule has 0 bridgehead atoms. The SMILES string of the molecule is CC(C)c1cc(C(=O)N(C2CC2)C2CCN(C#N)CC2)ccc1-c1ccc(C(N)=O)cc1. The number of carbonyl (C=O) groups is 2. The van der Waals surface area contributed by atoms with Gasteiger partial charge in [-0.05, 0) is 72.6 Å². The number of nitrogens with two attached hydrogens (primary N) is 1. The Morgan fingerprint density at radius 3 is 2.12 bits per heavy atom. The Labute approximate surface area is 189 Å². The molecule has 0 aromatic heterocycles. The fraction of sp³-hybridized carbons (Fsp3) is 0.423. The number of nitriles is 1. The molecule has 2 fully saturated rings. The number of amides is 2. The minimum atomic E-state index is -0.442. The zero-order valence-electron chi connectivity index (χ0n) is 18.8. The number of primary amides is 1. The van der Waals surface area contributed by atoms with Crippen LogP contribution in [0.2, 0.25) is 0 Å². The smallest absolute Gasteiger partial charge is 0.254 e. The molecule has 2 amide bonds. The van der Waals surface area contributed by atoms with Gasteiger partial charge in [0, 0.05) is 36.3 Å². The van der Waals surface area contributed by atoms with Gasteiger partial charge in [0.2, 0.25) is 5.91 Å². The molecule has 2 aliphatic rings. The van der Waals surface area contributed by atoms with Crippen LogP contribution in [-0.4, -0.2) is 46.8 Å². The average molecular weight is 431 g/mol. The van der Waals surface area contributed by atoms with Crippen molar-refractivity contribution in [2.24, 2.45) is 5.73 Å². The van der Waals surface area contributed by atoms with Gasteiger partial charge in [0.25, 0.3) is 5.91 Å². The first-order valence-corrected chi connectivity index (χ1v) is 11.4. The van der Waals surface area contributed by atoms with Crippen molar-refractivity contribution in [3.8, 4) is 17.3 Å². The molecular formula is C26H30N4O2. The van der Waals surface area contributed by atoms with Gasteiger partial charge in [-0.3, -0.25) is 9.59 Å². The number of benzene rings is 2. The second-order valence-electron chi connectivity index (χ2n) is 9.16. The molecule has 2 N–H and O–H groups in total. The van der Waals surface area contributed by atoms with Gasteiger partial charge in [0.05, 0.1) is 0 Å². The number of carbonyl (C=O) groups excluding carboxylic acids is 2. The van der Waals surface area contributed by atoms with Crippen molar-refractivity contribution in [3.63, 3.8) is 0 Å². The summed E-state index contributed by atoms with van der Waals surface area (Å²) in [4.78, 5) is 28.9. The highest BCUT2D eigenvalue weighted by molar-refractivity contribution is 5.96. The molecule has 1 saturated carbocycles. The maximum Gasteiger partial charge on any atom is 0.254 e. The molecular weight excluding hydrogens is 400 g/mol. The van der Waals surface area contributed by atoms with E-state index in [9.17, 15) is 9.59 Å². The predicted molar refractivity (Wildman–Crippen MR) is 124 cm³/mol. The summed E-state index contributed by atoms with van der Waals surface area (Å²) in [6, 6.07) is 13.8. The van der Waals surface area contributed by atoms with Crippen molar-refractivity contribution in [3.05, 3.63) is 59.2 Å². The van der Waals surface area contributed by atoms with Crippen LogP contribution < -0.4 is 5.73 Å². The Bertz CT molecular complexity index is 1040. The van der Waals surface area contributed by atoms with Crippen LogP contribution in [0.3, 0.4) is 0 Å². The third-order valence-corrected chi connectivity index (χ3v) is 6.58. The molecule has 0 spiro atoms. The van der Waals surface area contributed by atoms with E-state index in [-0.39, 0.29) is 17.9 Å². The monoisotopic (exact) mass is 430 g/mol. The third-order valence-electron chi connectivity index (χ3n) is 6.58. The zero-order chi connectivity index (χ0) is 22.8. The molecule has 0 radical (unpaired) electrons. The van der Waals surface area contributed by atoms with Gasteiger partial charge in [-0.1, -0.05) is 32.0 Å². The number of rotatable bonds is 6. The number of nitrogens with zero attached hydrogens (tertiary/aromatic N) is 3. The Kier molecular flexibility index (Phi) is 6.18. The molecule has 6 heteroatoms. The number of hydrogen-bond acceptors (Lipinski definition) is 4. The highest BCUT2D eigenvalue weighted by Gasteiger charge is 2.39. The van der Waals surface area contributed by atoms with E-state index in [0.29, 0.717) is 11.6 Å². The lowest BCUT2D eigenvalue weighted by Gasteiger charge is -2.37. The van der Waals surface area contributed by atoms with Crippen LogP contribution in [0.1, 0.15) is 71.7 Å². The first kappa shape index (κ1) is 21.9. The Morgan fingerprint density at radius 1 is 1.00 bits per heavy atom. The number of piperidine rings is 1. The Balaban J connectivity index is 1.62. The first-order chi connectivity index (χ1) is 15.4. The van der Waals surface area contributed by atoms with E-state index in [1.54, 1.807) is 17.0 Å². The van der Waals surface area contributed by atoms with Crippen molar-refractivity contribution in [1.82, 2.24) is 9.80 Å². The Morgan fingerprint density at radius 2 is 1.59 bits per heavy atom. The fourth-order valence-electron chi connectivity index (χ4n) is 4.63. The van der Waals surface area contributed by atoms with Gasteiger partial charge in [-0.2, -0.15) is 5.26 Å². The molecule has 1 aliphatic heterocycles. The van der Waals surface area contributed by atoms with Crippen LogP contribution in [0, 0.1) is 11.5 Å². The van der Waals surface area contributed by atoms with Crippen molar-refractivity contribution >= 4 is 11.8 Å². The number of likely N-dealkylation sites (tertiary alicyclic amines) is 1. The summed E-state index contributed by atoms with van der Waals surface area (Å²) >= 11 is 0. The van der Waals surface area contributed by atoms with Gasteiger partial charge in [-0.25, -0.2) is 0 Å². The van der Waals surface area contributed by atoms with Gasteiger partial charge < -0.3 is 15.5 Å². The lowest BCUT2D eigenvalue weighted by Crippen LogP contribution is -2.47. The van der Waals surface area contributed by atoms with Crippen molar-refractivity contribution in [2.45, 2.75) is 57.5 Å². The van der Waals surface area contributed by atoms with E-state index < -0.39 is 5.91 Å². The number of hydrogen-bond donors (Lipinski definition) is 1. The molecule has 1 heterocycles. The van der Waals surface area contributed by atoms with E-state index in [1.807, 2.05) is 30.3 Å². The van der Waals surface area contributed by atoms with Crippen LogP contribution in [0.5, 0.6) is 0 Å². The van der Waals surface area contributed by atoms with E-state index in [2.05, 4.69) is 24.9 Å². The Hall–Kier alpha value is -3.33. The minimum absolute atomic E-state index is 0.0976. The van der Waals surface area contributed by atoms with E-state index in [1.165, 1.54) is 0 Å². The molecule has 166 valence electrons. The molecule has 4 rings (SSSR count). The summed E-state index contributed by atoms with van der Waals surface area (Å²) in [7, 11) is 0. The standard InChI is InChI=1S/C26H30N4O2/c1-17(2)24-15-20(7-10-23(24)18-3-5-19(6-4-18)25(28)31)26(32)30(21-8-9-21)22-11-13-29(16-27)14-12-22/h3-7,10,15,17,21-22H,8-9,11-14H2,1-2H3,(H2,28,31). The van der Waals surface area contributed by atoms with E-state index in [0.717, 1.165) is 61.0 Å². The molecule has 0 unspecified atom stereocenters. The first-order valence-electron chi connectivity index (χ1n) is 11.4.